The van der Waals surface area contributed by atoms with Crippen molar-refractivity contribution in [3.05, 3.63) is 23.7 Å². The summed E-state index contributed by atoms with van der Waals surface area (Å²) in [6.07, 6.45) is 8.61. The van der Waals surface area contributed by atoms with Gasteiger partial charge in [0.2, 0.25) is 0 Å². The minimum absolute atomic E-state index is 0.000537. The number of hydrogen-bond acceptors (Lipinski definition) is 3. The lowest BCUT2D eigenvalue weighted by Gasteiger charge is -2.60. The predicted molar refractivity (Wildman–Crippen MR) is 92.6 cm³/mol. The van der Waals surface area contributed by atoms with Gasteiger partial charge in [-0.1, -0.05) is 20.3 Å². The van der Waals surface area contributed by atoms with Gasteiger partial charge in [0.05, 0.1) is 18.8 Å². The molecule has 1 heterocycles. The normalized spacial score (nSPS) is 44.2. The zero-order valence-electron chi connectivity index (χ0n) is 15.4. The maximum absolute atomic E-state index is 12.6. The van der Waals surface area contributed by atoms with Crippen molar-refractivity contribution >= 4 is 5.97 Å². The molecule has 0 bridgehead atoms. The molecule has 2 fully saturated rings. The van der Waals surface area contributed by atoms with Gasteiger partial charge in [-0.3, -0.25) is 4.79 Å². The van der Waals surface area contributed by atoms with Crippen molar-refractivity contribution in [3.8, 4) is 0 Å². The Morgan fingerprint density at radius 1 is 1.29 bits per heavy atom. The van der Waals surface area contributed by atoms with Crippen molar-refractivity contribution in [1.29, 1.82) is 0 Å². The summed E-state index contributed by atoms with van der Waals surface area (Å²) in [7, 11) is 1.54. The molecule has 0 N–H and O–H groups in total. The summed E-state index contributed by atoms with van der Waals surface area (Å²) in [6.45, 7) is 6.98. The topological polar surface area (TPSA) is 39.4 Å². The van der Waals surface area contributed by atoms with E-state index in [2.05, 4.69) is 26.8 Å². The Hall–Kier alpha value is -1.25. The van der Waals surface area contributed by atoms with E-state index < -0.39 is 0 Å². The van der Waals surface area contributed by atoms with Gasteiger partial charge in [0, 0.05) is 6.42 Å². The first-order valence-corrected chi connectivity index (χ1v) is 9.56. The average molecular weight is 330 g/mol. The smallest absolute Gasteiger partial charge is 0.311 e. The van der Waals surface area contributed by atoms with E-state index in [1.54, 1.807) is 7.11 Å². The molecule has 0 aromatic carbocycles. The Labute approximate surface area is 145 Å². The van der Waals surface area contributed by atoms with Crippen LogP contribution in [0.2, 0.25) is 0 Å². The monoisotopic (exact) mass is 330 g/mol. The van der Waals surface area contributed by atoms with Crippen LogP contribution in [-0.2, 0) is 16.0 Å². The molecule has 0 spiro atoms. The zero-order valence-corrected chi connectivity index (χ0v) is 15.4. The Morgan fingerprint density at radius 2 is 2.08 bits per heavy atom. The quantitative estimate of drug-likeness (QED) is 0.684. The Kier molecular flexibility index (Phi) is 3.63. The van der Waals surface area contributed by atoms with Crippen LogP contribution >= 0.6 is 0 Å². The first kappa shape index (κ1) is 16.2. The van der Waals surface area contributed by atoms with Crippen LogP contribution in [0, 0.1) is 28.6 Å². The number of rotatable bonds is 1. The second-order valence-electron chi connectivity index (χ2n) is 8.96. The fraction of sp³-hybridized carbons (Fsp3) is 0.762. The van der Waals surface area contributed by atoms with Crippen LogP contribution in [0.3, 0.4) is 0 Å². The third-order valence-corrected chi connectivity index (χ3v) is 8.10. The summed E-state index contributed by atoms with van der Waals surface area (Å²) >= 11 is 0. The zero-order chi connectivity index (χ0) is 17.1. The molecule has 3 heteroatoms. The first-order valence-electron chi connectivity index (χ1n) is 9.56. The molecule has 0 radical (unpaired) electrons. The minimum Gasteiger partial charge on any atom is -0.469 e. The fourth-order valence-electron chi connectivity index (χ4n) is 6.87. The van der Waals surface area contributed by atoms with Gasteiger partial charge in [-0.15, -0.1) is 0 Å². The number of hydrogen-bond donors (Lipinski definition) is 0. The summed E-state index contributed by atoms with van der Waals surface area (Å²) in [5.41, 5.74) is 1.31. The lowest BCUT2D eigenvalue weighted by atomic mass is 9.43. The highest BCUT2D eigenvalue weighted by atomic mass is 16.5. The molecular formula is C21H30O3. The van der Waals surface area contributed by atoms with Crippen LogP contribution in [0.4, 0.5) is 0 Å². The maximum atomic E-state index is 12.6. The summed E-state index contributed by atoms with van der Waals surface area (Å²) in [5.74, 6) is 3.53. The number of methoxy groups -OCH3 is 1. The van der Waals surface area contributed by atoms with Crippen LogP contribution in [0.5, 0.6) is 0 Å². The number of ether oxygens (including phenoxy) is 1. The van der Waals surface area contributed by atoms with E-state index in [9.17, 15) is 4.79 Å². The predicted octanol–water partition coefficient (Wildman–Crippen LogP) is 4.95. The number of furan rings is 1. The van der Waals surface area contributed by atoms with Gasteiger partial charge in [0.25, 0.3) is 0 Å². The van der Waals surface area contributed by atoms with Crippen molar-refractivity contribution < 1.29 is 13.9 Å². The van der Waals surface area contributed by atoms with E-state index in [-0.39, 0.29) is 16.8 Å². The van der Waals surface area contributed by atoms with E-state index >= 15 is 0 Å². The number of esters is 1. The number of fused-ring (bicyclic) bond motifs is 4. The Bertz CT molecular complexity index is 647. The molecule has 6 atom stereocenters. The van der Waals surface area contributed by atoms with E-state index in [1.807, 2.05) is 6.26 Å². The molecule has 3 aliphatic rings. The highest BCUT2D eigenvalue weighted by Gasteiger charge is 2.60. The number of carbonyl (C=O) groups excluding carboxylic acids is 1. The summed E-state index contributed by atoms with van der Waals surface area (Å²) in [4.78, 5) is 12.6. The van der Waals surface area contributed by atoms with Gasteiger partial charge in [0.1, 0.15) is 5.76 Å². The molecule has 3 nitrogen and oxygen atoms in total. The van der Waals surface area contributed by atoms with Crippen molar-refractivity contribution in [2.24, 2.45) is 28.6 Å². The van der Waals surface area contributed by atoms with Crippen molar-refractivity contribution in [2.45, 2.75) is 65.2 Å². The molecule has 0 saturated heterocycles. The molecule has 0 amide bonds. The second kappa shape index (κ2) is 5.37. The lowest BCUT2D eigenvalue weighted by Crippen LogP contribution is -2.56. The van der Waals surface area contributed by atoms with E-state index in [0.29, 0.717) is 17.8 Å². The van der Waals surface area contributed by atoms with Crippen molar-refractivity contribution in [2.75, 3.05) is 7.11 Å². The molecule has 1 aromatic rings. The SMILES string of the molecule is COC(=O)[C@@]1(C)CCC[C@]2(C)[C@@H]3Cc4occc4[C@H](C)[C@H]3CC[C@@H]21. The lowest BCUT2D eigenvalue weighted by molar-refractivity contribution is -0.174. The average Bonchev–Trinajstić information content (AvgIpc) is 3.03. The molecule has 4 rings (SSSR count). The Balaban J connectivity index is 1.74. The van der Waals surface area contributed by atoms with Crippen molar-refractivity contribution in [3.63, 3.8) is 0 Å². The van der Waals surface area contributed by atoms with Gasteiger partial charge < -0.3 is 9.15 Å². The van der Waals surface area contributed by atoms with Crippen LogP contribution < -0.4 is 0 Å². The summed E-state index contributed by atoms with van der Waals surface area (Å²) in [6, 6.07) is 2.17. The van der Waals surface area contributed by atoms with Crippen LogP contribution in [0.1, 0.15) is 70.1 Å². The highest BCUT2D eigenvalue weighted by molar-refractivity contribution is 5.77. The fourth-order valence-corrected chi connectivity index (χ4v) is 6.87. The summed E-state index contributed by atoms with van der Waals surface area (Å²) in [5, 5.41) is 0. The third kappa shape index (κ3) is 1.99. The molecular weight excluding hydrogens is 300 g/mol. The van der Waals surface area contributed by atoms with Gasteiger partial charge in [-0.2, -0.15) is 0 Å². The van der Waals surface area contributed by atoms with Gasteiger partial charge in [0.15, 0.2) is 0 Å². The van der Waals surface area contributed by atoms with E-state index in [0.717, 1.165) is 31.6 Å². The maximum Gasteiger partial charge on any atom is 0.311 e. The second-order valence-corrected chi connectivity index (χ2v) is 8.96. The molecule has 0 unspecified atom stereocenters. The largest absolute Gasteiger partial charge is 0.469 e. The molecule has 132 valence electrons. The molecule has 24 heavy (non-hydrogen) atoms. The van der Waals surface area contributed by atoms with Gasteiger partial charge in [-0.05, 0) is 73.3 Å². The number of carbonyl (C=O) groups is 1. The Morgan fingerprint density at radius 3 is 2.83 bits per heavy atom. The van der Waals surface area contributed by atoms with E-state index in [4.69, 9.17) is 9.15 Å². The third-order valence-electron chi connectivity index (χ3n) is 8.10. The standard InChI is InChI=1S/C21H30O3/c1-13-14-6-7-18-20(2,9-5-10-21(18,3)19(22)23-4)16(14)12-17-15(13)8-11-24-17/h8,11,13-14,16,18H,5-7,9-10,12H2,1-4H3/t13-,14-,16-,18+,20-,21+/m1/s1. The molecule has 2 saturated carbocycles. The van der Waals surface area contributed by atoms with Crippen LogP contribution in [0.25, 0.3) is 0 Å². The van der Waals surface area contributed by atoms with E-state index in [1.165, 1.54) is 24.2 Å². The van der Waals surface area contributed by atoms with Crippen molar-refractivity contribution in [1.82, 2.24) is 0 Å². The van der Waals surface area contributed by atoms with Gasteiger partial charge in [-0.25, -0.2) is 0 Å². The molecule has 0 aliphatic heterocycles. The first-order chi connectivity index (χ1) is 11.4. The van der Waals surface area contributed by atoms with Crippen LogP contribution in [-0.4, -0.2) is 13.1 Å². The van der Waals surface area contributed by atoms with Gasteiger partial charge >= 0.3 is 5.97 Å². The molecule has 3 aliphatic carbocycles. The van der Waals surface area contributed by atoms with Crippen LogP contribution in [0.15, 0.2) is 16.7 Å². The highest BCUT2D eigenvalue weighted by Crippen LogP contribution is 2.65. The molecule has 1 aromatic heterocycles. The summed E-state index contributed by atoms with van der Waals surface area (Å²) < 4.78 is 11.1. The minimum atomic E-state index is -0.320.